The van der Waals surface area contributed by atoms with Crippen molar-refractivity contribution in [2.24, 2.45) is 5.92 Å². The number of piperidine rings is 1. The van der Waals surface area contributed by atoms with Gasteiger partial charge in [-0.2, -0.15) is 0 Å². The minimum Gasteiger partial charge on any atom is -0.461 e. The number of carbonyl (C=O) groups excluding carboxylic acids is 1. The zero-order valence-electron chi connectivity index (χ0n) is 12.5. The molecule has 1 aliphatic heterocycles. The van der Waals surface area contributed by atoms with Gasteiger partial charge < -0.3 is 4.74 Å². The van der Waals surface area contributed by atoms with Crippen LogP contribution in [-0.2, 0) is 16.1 Å². The SMILES string of the molecule is CC(CN1CCCCC1C)C(=O)OCc1ccccc1. The summed E-state index contributed by atoms with van der Waals surface area (Å²) in [5.41, 5.74) is 1.04. The highest BCUT2D eigenvalue weighted by Gasteiger charge is 2.23. The molecule has 1 aliphatic rings. The minimum atomic E-state index is -0.0911. The maximum absolute atomic E-state index is 12.0. The van der Waals surface area contributed by atoms with Crippen LogP contribution in [-0.4, -0.2) is 30.0 Å². The van der Waals surface area contributed by atoms with E-state index in [9.17, 15) is 4.79 Å². The fourth-order valence-electron chi connectivity index (χ4n) is 2.73. The van der Waals surface area contributed by atoms with Gasteiger partial charge in [0, 0.05) is 12.6 Å². The molecule has 2 rings (SSSR count). The first-order valence-corrected chi connectivity index (χ1v) is 7.61. The van der Waals surface area contributed by atoms with E-state index in [-0.39, 0.29) is 11.9 Å². The molecule has 0 amide bonds. The molecule has 2 unspecified atom stereocenters. The minimum absolute atomic E-state index is 0.0562. The summed E-state index contributed by atoms with van der Waals surface area (Å²) in [6.07, 6.45) is 3.80. The Morgan fingerprint density at radius 3 is 2.80 bits per heavy atom. The molecule has 3 heteroatoms. The Kier molecular flexibility index (Phi) is 5.60. The molecule has 0 aliphatic carbocycles. The van der Waals surface area contributed by atoms with E-state index < -0.39 is 0 Å². The van der Waals surface area contributed by atoms with Crippen molar-refractivity contribution >= 4 is 5.97 Å². The molecule has 0 aromatic heterocycles. The van der Waals surface area contributed by atoms with Gasteiger partial charge >= 0.3 is 5.97 Å². The Labute approximate surface area is 121 Å². The maximum Gasteiger partial charge on any atom is 0.310 e. The summed E-state index contributed by atoms with van der Waals surface area (Å²) in [6.45, 7) is 6.52. The van der Waals surface area contributed by atoms with Crippen LogP contribution in [0.1, 0.15) is 38.7 Å². The van der Waals surface area contributed by atoms with Gasteiger partial charge in [0.25, 0.3) is 0 Å². The molecule has 0 radical (unpaired) electrons. The number of esters is 1. The number of nitrogens with zero attached hydrogens (tertiary/aromatic N) is 1. The normalized spacial score (nSPS) is 21.4. The summed E-state index contributed by atoms with van der Waals surface area (Å²) in [4.78, 5) is 14.5. The van der Waals surface area contributed by atoms with Crippen LogP contribution in [0.2, 0.25) is 0 Å². The van der Waals surface area contributed by atoms with Gasteiger partial charge in [0.1, 0.15) is 6.61 Å². The van der Waals surface area contributed by atoms with E-state index in [0.717, 1.165) is 18.7 Å². The van der Waals surface area contributed by atoms with Gasteiger partial charge in [0.2, 0.25) is 0 Å². The summed E-state index contributed by atoms with van der Waals surface area (Å²) >= 11 is 0. The fraction of sp³-hybridized carbons (Fsp3) is 0.588. The average molecular weight is 275 g/mol. The monoisotopic (exact) mass is 275 g/mol. The highest BCUT2D eigenvalue weighted by molar-refractivity contribution is 5.72. The standard InChI is InChI=1S/C17H25NO2/c1-14(12-18-11-7-6-8-15(18)2)17(19)20-13-16-9-4-3-5-10-16/h3-5,9-10,14-15H,6-8,11-13H2,1-2H3. The van der Waals surface area contributed by atoms with Crippen molar-refractivity contribution in [1.29, 1.82) is 0 Å². The topological polar surface area (TPSA) is 29.5 Å². The molecule has 2 atom stereocenters. The van der Waals surface area contributed by atoms with Crippen LogP contribution >= 0.6 is 0 Å². The van der Waals surface area contributed by atoms with E-state index in [1.165, 1.54) is 19.3 Å². The smallest absolute Gasteiger partial charge is 0.310 e. The molecule has 0 N–H and O–H groups in total. The van der Waals surface area contributed by atoms with Crippen molar-refractivity contribution in [2.45, 2.75) is 45.8 Å². The van der Waals surface area contributed by atoms with E-state index in [2.05, 4.69) is 11.8 Å². The molecule has 1 saturated heterocycles. The predicted molar refractivity (Wildman–Crippen MR) is 80.3 cm³/mol. The van der Waals surface area contributed by atoms with Crippen LogP contribution in [0, 0.1) is 5.92 Å². The van der Waals surface area contributed by atoms with Crippen LogP contribution in [0.4, 0.5) is 0 Å². The van der Waals surface area contributed by atoms with E-state index in [4.69, 9.17) is 4.74 Å². The van der Waals surface area contributed by atoms with Crippen molar-refractivity contribution in [3.8, 4) is 0 Å². The average Bonchev–Trinajstić information content (AvgIpc) is 2.48. The van der Waals surface area contributed by atoms with Crippen molar-refractivity contribution < 1.29 is 9.53 Å². The molecular weight excluding hydrogens is 250 g/mol. The van der Waals surface area contributed by atoms with E-state index in [1.807, 2.05) is 37.3 Å². The van der Waals surface area contributed by atoms with Gasteiger partial charge in [0.05, 0.1) is 5.92 Å². The number of likely N-dealkylation sites (tertiary alicyclic amines) is 1. The third kappa shape index (κ3) is 4.34. The molecule has 1 heterocycles. The predicted octanol–water partition coefficient (Wildman–Crippen LogP) is 3.24. The van der Waals surface area contributed by atoms with Gasteiger partial charge in [-0.05, 0) is 31.9 Å². The molecule has 110 valence electrons. The Morgan fingerprint density at radius 1 is 1.35 bits per heavy atom. The first kappa shape index (κ1) is 15.0. The Hall–Kier alpha value is -1.35. The van der Waals surface area contributed by atoms with E-state index in [0.29, 0.717) is 12.6 Å². The van der Waals surface area contributed by atoms with Crippen molar-refractivity contribution in [1.82, 2.24) is 4.90 Å². The summed E-state index contributed by atoms with van der Waals surface area (Å²) < 4.78 is 5.40. The second kappa shape index (κ2) is 7.44. The van der Waals surface area contributed by atoms with Crippen LogP contribution in [0.25, 0.3) is 0 Å². The number of hydrogen-bond acceptors (Lipinski definition) is 3. The number of ether oxygens (including phenoxy) is 1. The van der Waals surface area contributed by atoms with Crippen molar-refractivity contribution in [3.05, 3.63) is 35.9 Å². The lowest BCUT2D eigenvalue weighted by molar-refractivity contribution is -0.150. The zero-order valence-corrected chi connectivity index (χ0v) is 12.5. The largest absolute Gasteiger partial charge is 0.461 e. The highest BCUT2D eigenvalue weighted by atomic mass is 16.5. The molecule has 20 heavy (non-hydrogen) atoms. The molecule has 1 fully saturated rings. The molecule has 0 spiro atoms. The van der Waals surface area contributed by atoms with Crippen molar-refractivity contribution in [3.63, 3.8) is 0 Å². The van der Waals surface area contributed by atoms with Gasteiger partial charge in [-0.1, -0.05) is 43.7 Å². The lowest BCUT2D eigenvalue weighted by Crippen LogP contribution is -2.41. The summed E-state index contributed by atoms with van der Waals surface area (Å²) in [6, 6.07) is 10.4. The summed E-state index contributed by atoms with van der Waals surface area (Å²) in [5, 5.41) is 0. The van der Waals surface area contributed by atoms with Crippen LogP contribution in [0.3, 0.4) is 0 Å². The molecule has 1 aromatic rings. The van der Waals surface area contributed by atoms with Crippen LogP contribution < -0.4 is 0 Å². The van der Waals surface area contributed by atoms with Gasteiger partial charge in [-0.25, -0.2) is 0 Å². The number of carbonyl (C=O) groups is 1. The van der Waals surface area contributed by atoms with Gasteiger partial charge in [-0.3, -0.25) is 9.69 Å². The first-order chi connectivity index (χ1) is 9.66. The molecule has 3 nitrogen and oxygen atoms in total. The maximum atomic E-state index is 12.0. The second-order valence-corrected chi connectivity index (χ2v) is 5.83. The second-order valence-electron chi connectivity index (χ2n) is 5.83. The number of benzene rings is 1. The first-order valence-electron chi connectivity index (χ1n) is 7.61. The third-order valence-electron chi connectivity index (χ3n) is 4.08. The zero-order chi connectivity index (χ0) is 14.4. The lowest BCUT2D eigenvalue weighted by Gasteiger charge is -2.34. The molecule has 0 saturated carbocycles. The Morgan fingerprint density at radius 2 is 2.10 bits per heavy atom. The summed E-state index contributed by atoms with van der Waals surface area (Å²) in [5.74, 6) is -0.147. The summed E-state index contributed by atoms with van der Waals surface area (Å²) in [7, 11) is 0. The molecule has 0 bridgehead atoms. The van der Waals surface area contributed by atoms with Crippen molar-refractivity contribution in [2.75, 3.05) is 13.1 Å². The van der Waals surface area contributed by atoms with Gasteiger partial charge in [0.15, 0.2) is 0 Å². The van der Waals surface area contributed by atoms with Crippen LogP contribution in [0.5, 0.6) is 0 Å². The number of hydrogen-bond donors (Lipinski definition) is 0. The highest BCUT2D eigenvalue weighted by Crippen LogP contribution is 2.18. The van der Waals surface area contributed by atoms with Gasteiger partial charge in [-0.15, -0.1) is 0 Å². The quantitative estimate of drug-likeness (QED) is 0.773. The van der Waals surface area contributed by atoms with E-state index >= 15 is 0 Å². The van der Waals surface area contributed by atoms with Crippen LogP contribution in [0.15, 0.2) is 30.3 Å². The van der Waals surface area contributed by atoms with E-state index in [1.54, 1.807) is 0 Å². The Bertz CT molecular complexity index is 418. The lowest BCUT2D eigenvalue weighted by atomic mass is 10.0. The molecular formula is C17H25NO2. The molecule has 1 aromatic carbocycles. The third-order valence-corrected chi connectivity index (χ3v) is 4.08. The Balaban J connectivity index is 1.77. The number of rotatable bonds is 5. The fourth-order valence-corrected chi connectivity index (χ4v) is 2.73.